The maximum atomic E-state index is 14.3. The lowest BCUT2D eigenvalue weighted by molar-refractivity contribution is -0.196. The van der Waals surface area contributed by atoms with Gasteiger partial charge < -0.3 is 10.6 Å². The van der Waals surface area contributed by atoms with Gasteiger partial charge in [0.15, 0.2) is 0 Å². The van der Waals surface area contributed by atoms with Gasteiger partial charge in [-0.3, -0.25) is 19.4 Å². The van der Waals surface area contributed by atoms with E-state index in [0.717, 1.165) is 11.3 Å². The Hall–Kier alpha value is -3.38. The Balaban J connectivity index is 2.00. The molecule has 1 aliphatic heterocycles. The Bertz CT molecular complexity index is 1320. The van der Waals surface area contributed by atoms with E-state index in [0.29, 0.717) is 4.57 Å². The highest BCUT2D eigenvalue weighted by atomic mass is 35.5. The highest BCUT2D eigenvalue weighted by molar-refractivity contribution is 7.12. The van der Waals surface area contributed by atoms with Crippen molar-refractivity contribution >= 4 is 40.6 Å². The average Bonchev–Trinajstić information content (AvgIpc) is 3.30. The second-order valence-electron chi connectivity index (χ2n) is 6.43. The van der Waals surface area contributed by atoms with Crippen molar-refractivity contribution < 1.29 is 22.8 Å². The number of carbonyl (C=O) groups is 2. The van der Waals surface area contributed by atoms with E-state index in [1.54, 1.807) is 10.3 Å². The third-order valence-corrected chi connectivity index (χ3v) is 5.74. The number of aromatic nitrogens is 2. The number of rotatable bonds is 3. The van der Waals surface area contributed by atoms with Crippen LogP contribution in [0.25, 0.3) is 5.69 Å². The summed E-state index contributed by atoms with van der Waals surface area (Å²) in [7, 11) is 0. The molecule has 2 aromatic heterocycles. The first-order chi connectivity index (χ1) is 14.6. The van der Waals surface area contributed by atoms with E-state index < -0.39 is 46.2 Å². The Kier molecular flexibility index (Phi) is 4.78. The molecule has 1 atom stereocenters. The quantitative estimate of drug-likeness (QED) is 0.545. The van der Waals surface area contributed by atoms with Gasteiger partial charge in [-0.2, -0.15) is 13.2 Å². The van der Waals surface area contributed by atoms with Crippen LogP contribution in [0.3, 0.4) is 0 Å². The van der Waals surface area contributed by atoms with Crippen LogP contribution in [0.5, 0.6) is 0 Å². The van der Waals surface area contributed by atoms with E-state index in [1.807, 2.05) is 5.32 Å². The summed E-state index contributed by atoms with van der Waals surface area (Å²) in [5.74, 6) is -3.64. The van der Waals surface area contributed by atoms with E-state index in [1.165, 1.54) is 41.8 Å². The minimum Gasteiger partial charge on any atom is -0.326 e. The number of amides is 2. The topological polar surface area (TPSA) is 113 Å². The summed E-state index contributed by atoms with van der Waals surface area (Å²) < 4.78 is 43.5. The lowest BCUT2D eigenvalue weighted by atomic mass is 9.92. The molecule has 1 aliphatic rings. The number of hydrogen-bond acceptors (Lipinski definition) is 5. The van der Waals surface area contributed by atoms with E-state index in [-0.39, 0.29) is 15.6 Å². The highest BCUT2D eigenvalue weighted by Gasteiger charge is 2.68. The summed E-state index contributed by atoms with van der Waals surface area (Å²) in [6.07, 6.45) is -5.41. The molecular formula is C18H10ClF3N4O4S. The molecule has 3 heterocycles. The molecule has 4 rings (SSSR count). The predicted octanol–water partition coefficient (Wildman–Crippen LogP) is 2.38. The van der Waals surface area contributed by atoms with Crippen LogP contribution in [-0.2, 0) is 10.3 Å². The number of carbonyl (C=O) groups excluding carboxylic acids is 2. The molecule has 3 N–H and O–H groups in total. The third-order valence-electron chi connectivity index (χ3n) is 4.61. The van der Waals surface area contributed by atoms with Gasteiger partial charge >= 0.3 is 11.9 Å². The van der Waals surface area contributed by atoms with E-state index in [9.17, 15) is 32.3 Å². The maximum absolute atomic E-state index is 14.3. The van der Waals surface area contributed by atoms with Gasteiger partial charge in [0.05, 0.1) is 10.6 Å². The third kappa shape index (κ3) is 3.15. The fourth-order valence-corrected chi connectivity index (χ4v) is 4.00. The van der Waals surface area contributed by atoms with Gasteiger partial charge in [-0.15, -0.1) is 11.3 Å². The van der Waals surface area contributed by atoms with Crippen LogP contribution < -0.4 is 21.9 Å². The largest absolute Gasteiger partial charge is 0.425 e. The zero-order chi connectivity index (χ0) is 22.6. The zero-order valence-electron chi connectivity index (χ0n) is 15.0. The molecule has 31 heavy (non-hydrogen) atoms. The van der Waals surface area contributed by atoms with E-state index in [2.05, 4.69) is 0 Å². The van der Waals surface area contributed by atoms with Gasteiger partial charge in [-0.05, 0) is 35.7 Å². The summed E-state index contributed by atoms with van der Waals surface area (Å²) in [4.78, 5) is 51.8. The van der Waals surface area contributed by atoms with Crippen molar-refractivity contribution in [1.82, 2.24) is 14.9 Å². The lowest BCUT2D eigenvalue weighted by Crippen LogP contribution is -2.62. The normalized spacial score (nSPS) is 17.9. The molecule has 0 spiro atoms. The first-order valence-corrected chi connectivity index (χ1v) is 9.72. The Labute approximate surface area is 179 Å². The molecule has 0 saturated heterocycles. The molecule has 0 radical (unpaired) electrons. The molecule has 160 valence electrons. The number of benzene rings is 1. The first kappa shape index (κ1) is 20.9. The monoisotopic (exact) mass is 470 g/mol. The number of fused-ring (bicyclic) bond motifs is 1. The number of anilines is 1. The number of thiophene rings is 1. The van der Waals surface area contributed by atoms with Crippen LogP contribution in [0.1, 0.15) is 15.2 Å². The number of aromatic amines is 1. The van der Waals surface area contributed by atoms with Gasteiger partial charge in [-0.1, -0.05) is 17.7 Å². The van der Waals surface area contributed by atoms with Crippen LogP contribution in [0, 0.1) is 0 Å². The summed E-state index contributed by atoms with van der Waals surface area (Å²) in [5, 5.41) is 5.36. The lowest BCUT2D eigenvalue weighted by Gasteiger charge is -2.29. The number of nitrogens with zero attached hydrogens (tertiary/aromatic N) is 1. The van der Waals surface area contributed by atoms with Crippen LogP contribution >= 0.6 is 22.9 Å². The number of hydrogen-bond donors (Lipinski definition) is 3. The molecular weight excluding hydrogens is 461 g/mol. The second-order valence-corrected chi connectivity index (χ2v) is 7.81. The summed E-state index contributed by atoms with van der Waals surface area (Å²) in [6.45, 7) is 0. The van der Waals surface area contributed by atoms with Crippen LogP contribution in [0.4, 0.5) is 19.0 Å². The van der Waals surface area contributed by atoms with Crippen molar-refractivity contribution in [3.8, 4) is 5.69 Å². The zero-order valence-corrected chi connectivity index (χ0v) is 16.6. The fraction of sp³-hybridized carbons (Fsp3) is 0.111. The molecule has 3 aromatic rings. The van der Waals surface area contributed by atoms with Crippen LogP contribution in [0.15, 0.2) is 51.4 Å². The van der Waals surface area contributed by atoms with Crippen LogP contribution in [-0.4, -0.2) is 27.5 Å². The van der Waals surface area contributed by atoms with E-state index in [4.69, 9.17) is 11.6 Å². The number of halogens is 4. The fourth-order valence-electron chi connectivity index (χ4n) is 3.25. The van der Waals surface area contributed by atoms with Gasteiger partial charge in [0, 0.05) is 5.02 Å². The van der Waals surface area contributed by atoms with Crippen molar-refractivity contribution in [3.63, 3.8) is 0 Å². The number of H-pyrrole nitrogens is 1. The minimum atomic E-state index is -5.41. The summed E-state index contributed by atoms with van der Waals surface area (Å²) in [6, 6.07) is 8.06. The molecule has 0 unspecified atom stereocenters. The molecule has 2 amide bonds. The van der Waals surface area contributed by atoms with Gasteiger partial charge in [0.25, 0.3) is 22.9 Å². The molecule has 0 saturated carbocycles. The van der Waals surface area contributed by atoms with Crippen LogP contribution in [0.2, 0.25) is 5.02 Å². The standard InChI is InChI=1S/C18H10ClF3N4O4S/c19-8-3-5-9(6-4-8)26-12-11(14(28)24-16(26)30)17(15(29)23-12,18(20,21)22)25-13(27)10-2-1-7-31-10/h1-7H,(H,23,29)(H,25,27)(H,24,28,30)/t17-/m0/s1. The van der Waals surface area contributed by atoms with Crippen molar-refractivity contribution in [1.29, 1.82) is 0 Å². The summed E-state index contributed by atoms with van der Waals surface area (Å²) >= 11 is 6.66. The van der Waals surface area contributed by atoms with Crippen molar-refractivity contribution in [2.45, 2.75) is 11.7 Å². The Morgan fingerprint density at radius 3 is 2.39 bits per heavy atom. The van der Waals surface area contributed by atoms with Gasteiger partial charge in [-0.25, -0.2) is 9.36 Å². The number of alkyl halides is 3. The second kappa shape index (κ2) is 7.10. The molecule has 1 aromatic carbocycles. The Morgan fingerprint density at radius 2 is 1.81 bits per heavy atom. The number of nitrogens with one attached hydrogen (secondary N) is 3. The summed E-state index contributed by atoms with van der Waals surface area (Å²) in [5.41, 5.74) is -7.38. The molecule has 0 aliphatic carbocycles. The minimum absolute atomic E-state index is 0.0322. The van der Waals surface area contributed by atoms with E-state index >= 15 is 0 Å². The van der Waals surface area contributed by atoms with Gasteiger partial charge in [0.1, 0.15) is 11.4 Å². The predicted molar refractivity (Wildman–Crippen MR) is 106 cm³/mol. The molecule has 0 fully saturated rings. The van der Waals surface area contributed by atoms with Crippen molar-refractivity contribution in [3.05, 3.63) is 78.1 Å². The molecule has 13 heteroatoms. The maximum Gasteiger partial charge on any atom is 0.425 e. The van der Waals surface area contributed by atoms with Crippen molar-refractivity contribution in [2.75, 3.05) is 5.32 Å². The molecule has 8 nitrogen and oxygen atoms in total. The first-order valence-electron chi connectivity index (χ1n) is 8.46. The van der Waals surface area contributed by atoms with Gasteiger partial charge in [0.2, 0.25) is 0 Å². The average molecular weight is 471 g/mol. The smallest absolute Gasteiger partial charge is 0.326 e. The molecule has 0 bridgehead atoms. The van der Waals surface area contributed by atoms with Crippen molar-refractivity contribution in [2.24, 2.45) is 0 Å². The Morgan fingerprint density at radius 1 is 1.13 bits per heavy atom. The SMILES string of the molecule is O=C(N[C@]1(C(F)(F)F)C(=O)Nc2c1c(=O)[nH]c(=O)n2-c1ccc(Cl)cc1)c1cccs1. The highest BCUT2D eigenvalue weighted by Crippen LogP contribution is 2.45.